The van der Waals surface area contributed by atoms with Crippen LogP contribution in [0.2, 0.25) is 0 Å². The molecule has 2 aliphatic carbocycles. The summed E-state index contributed by atoms with van der Waals surface area (Å²) >= 11 is 1.40. The van der Waals surface area contributed by atoms with Crippen molar-refractivity contribution in [2.75, 3.05) is 11.9 Å². The SMILES string of the molecule is O=C(Nc1nccs1)C1CCCN1C(=O)C=C(C1CC1)C1CC1. The van der Waals surface area contributed by atoms with Crippen LogP contribution in [0.4, 0.5) is 5.13 Å². The molecule has 5 nitrogen and oxygen atoms in total. The Labute approximate surface area is 139 Å². The Morgan fingerprint density at radius 1 is 1.22 bits per heavy atom. The van der Waals surface area contributed by atoms with Crippen molar-refractivity contribution in [2.45, 2.75) is 44.6 Å². The molecule has 1 N–H and O–H groups in total. The maximum Gasteiger partial charge on any atom is 0.248 e. The average Bonchev–Trinajstić information content (AvgIpc) is 3.46. The summed E-state index contributed by atoms with van der Waals surface area (Å²) in [7, 11) is 0. The number of carbonyl (C=O) groups is 2. The van der Waals surface area contributed by atoms with Gasteiger partial charge in [-0.2, -0.15) is 0 Å². The van der Waals surface area contributed by atoms with Crippen molar-refractivity contribution >= 4 is 28.3 Å². The number of allylic oxidation sites excluding steroid dienone is 1. The minimum absolute atomic E-state index is 0.0237. The number of anilines is 1. The van der Waals surface area contributed by atoms with Gasteiger partial charge in [0, 0.05) is 24.2 Å². The lowest BCUT2D eigenvalue weighted by molar-refractivity contribution is -0.132. The first-order valence-electron chi connectivity index (χ1n) is 8.45. The highest BCUT2D eigenvalue weighted by atomic mass is 32.1. The Morgan fingerprint density at radius 2 is 1.96 bits per heavy atom. The first-order chi connectivity index (χ1) is 11.2. The van der Waals surface area contributed by atoms with E-state index in [1.165, 1.54) is 42.6 Å². The van der Waals surface area contributed by atoms with Crippen LogP contribution in [0.5, 0.6) is 0 Å². The number of carbonyl (C=O) groups excluding carboxylic acids is 2. The van der Waals surface area contributed by atoms with E-state index in [9.17, 15) is 9.59 Å². The van der Waals surface area contributed by atoms with Crippen LogP contribution >= 0.6 is 11.3 Å². The summed E-state index contributed by atoms with van der Waals surface area (Å²) in [5, 5.41) is 5.25. The molecular weight excluding hydrogens is 310 g/mol. The molecule has 6 heteroatoms. The predicted molar refractivity (Wildman–Crippen MR) is 89.0 cm³/mol. The van der Waals surface area contributed by atoms with Crippen molar-refractivity contribution < 1.29 is 9.59 Å². The monoisotopic (exact) mass is 331 g/mol. The first-order valence-corrected chi connectivity index (χ1v) is 9.33. The van der Waals surface area contributed by atoms with E-state index in [4.69, 9.17) is 0 Å². The van der Waals surface area contributed by atoms with Crippen molar-refractivity contribution in [3.63, 3.8) is 0 Å². The van der Waals surface area contributed by atoms with Crippen LogP contribution in [0.3, 0.4) is 0 Å². The number of hydrogen-bond donors (Lipinski definition) is 1. The molecule has 1 unspecified atom stereocenters. The second-order valence-electron chi connectivity index (χ2n) is 6.71. The van der Waals surface area contributed by atoms with E-state index in [1.54, 1.807) is 11.1 Å². The van der Waals surface area contributed by atoms with E-state index in [1.807, 2.05) is 11.5 Å². The minimum Gasteiger partial charge on any atom is -0.327 e. The summed E-state index contributed by atoms with van der Waals surface area (Å²) in [6.45, 7) is 0.675. The van der Waals surface area contributed by atoms with Crippen LogP contribution in [0.15, 0.2) is 23.2 Å². The predicted octanol–water partition coefficient (Wildman–Crippen LogP) is 2.82. The van der Waals surface area contributed by atoms with Gasteiger partial charge in [-0.3, -0.25) is 9.59 Å². The van der Waals surface area contributed by atoms with Crippen LogP contribution in [0, 0.1) is 11.8 Å². The van der Waals surface area contributed by atoms with Crippen molar-refractivity contribution in [2.24, 2.45) is 11.8 Å². The van der Waals surface area contributed by atoms with Crippen LogP contribution in [-0.2, 0) is 9.59 Å². The molecular formula is C17H21N3O2S. The Hall–Kier alpha value is -1.69. The molecule has 3 aliphatic rings. The fourth-order valence-electron chi connectivity index (χ4n) is 3.40. The van der Waals surface area contributed by atoms with E-state index in [2.05, 4.69) is 10.3 Å². The summed E-state index contributed by atoms with van der Waals surface area (Å²) < 4.78 is 0. The number of rotatable bonds is 5. The molecule has 23 heavy (non-hydrogen) atoms. The van der Waals surface area contributed by atoms with Gasteiger partial charge in [0.2, 0.25) is 11.8 Å². The maximum atomic E-state index is 12.7. The van der Waals surface area contributed by atoms with Gasteiger partial charge in [0.1, 0.15) is 6.04 Å². The first kappa shape index (κ1) is 14.9. The summed E-state index contributed by atoms with van der Waals surface area (Å²) in [5.41, 5.74) is 1.35. The standard InChI is InChI=1S/C17H21N3O2S/c21-15(10-13(11-3-4-11)12-5-6-12)20-8-1-2-14(20)16(22)19-17-18-7-9-23-17/h7,9-12,14H,1-6,8H2,(H,18,19,22). The summed E-state index contributed by atoms with van der Waals surface area (Å²) in [6, 6.07) is -0.359. The summed E-state index contributed by atoms with van der Waals surface area (Å²) in [5.74, 6) is 1.18. The zero-order chi connectivity index (χ0) is 15.8. The minimum atomic E-state index is -0.359. The highest BCUT2D eigenvalue weighted by Gasteiger charge is 2.39. The van der Waals surface area contributed by atoms with Crippen LogP contribution < -0.4 is 5.32 Å². The van der Waals surface area contributed by atoms with E-state index in [0.29, 0.717) is 23.5 Å². The van der Waals surface area contributed by atoms with Gasteiger partial charge in [-0.05, 0) is 50.4 Å². The molecule has 0 spiro atoms. The number of nitrogens with one attached hydrogen (secondary N) is 1. The molecule has 3 fully saturated rings. The molecule has 1 aromatic heterocycles. The Bertz CT molecular complexity index is 618. The van der Waals surface area contributed by atoms with Gasteiger partial charge in [-0.15, -0.1) is 11.3 Å². The highest BCUT2D eigenvalue weighted by Crippen LogP contribution is 2.48. The van der Waals surface area contributed by atoms with Gasteiger partial charge >= 0.3 is 0 Å². The molecule has 122 valence electrons. The number of amides is 2. The molecule has 0 aromatic carbocycles. The topological polar surface area (TPSA) is 62.3 Å². The van der Waals surface area contributed by atoms with Crippen molar-refractivity contribution in [3.8, 4) is 0 Å². The van der Waals surface area contributed by atoms with Crippen LogP contribution in [0.1, 0.15) is 38.5 Å². The Morgan fingerprint density at radius 3 is 2.57 bits per heavy atom. The highest BCUT2D eigenvalue weighted by molar-refractivity contribution is 7.13. The summed E-state index contributed by atoms with van der Waals surface area (Å²) in [6.07, 6.45) is 10.0. The second-order valence-corrected chi connectivity index (χ2v) is 7.60. The number of thiazole rings is 1. The largest absolute Gasteiger partial charge is 0.327 e. The van der Waals surface area contributed by atoms with Crippen LogP contribution in [-0.4, -0.2) is 34.3 Å². The van der Waals surface area contributed by atoms with Gasteiger partial charge in [0.15, 0.2) is 5.13 Å². The molecule has 4 rings (SSSR count). The molecule has 0 radical (unpaired) electrons. The molecule has 1 aromatic rings. The normalized spacial score (nSPS) is 23.7. The molecule has 1 aliphatic heterocycles. The third-order valence-electron chi connectivity index (χ3n) is 4.89. The maximum absolute atomic E-state index is 12.7. The van der Waals surface area contributed by atoms with Crippen molar-refractivity contribution in [1.29, 1.82) is 0 Å². The lowest BCUT2D eigenvalue weighted by Gasteiger charge is -2.22. The van der Waals surface area contributed by atoms with Crippen molar-refractivity contribution in [3.05, 3.63) is 23.2 Å². The van der Waals surface area contributed by atoms with Crippen LogP contribution in [0.25, 0.3) is 0 Å². The number of aromatic nitrogens is 1. The Balaban J connectivity index is 1.45. The molecule has 1 atom stereocenters. The molecule has 0 bridgehead atoms. The van der Waals surface area contributed by atoms with Gasteiger partial charge in [0.25, 0.3) is 0 Å². The van der Waals surface area contributed by atoms with Gasteiger partial charge in [-0.1, -0.05) is 5.57 Å². The van der Waals surface area contributed by atoms with E-state index in [-0.39, 0.29) is 17.9 Å². The second kappa shape index (κ2) is 6.07. The molecule has 2 heterocycles. The number of likely N-dealkylation sites (tertiary alicyclic amines) is 1. The van der Waals surface area contributed by atoms with E-state index >= 15 is 0 Å². The number of hydrogen-bond acceptors (Lipinski definition) is 4. The Kier molecular flexibility index (Phi) is 3.93. The smallest absolute Gasteiger partial charge is 0.248 e. The number of nitrogens with zero attached hydrogens (tertiary/aromatic N) is 2. The zero-order valence-corrected chi connectivity index (χ0v) is 13.8. The fraction of sp³-hybridized carbons (Fsp3) is 0.588. The van der Waals surface area contributed by atoms with Gasteiger partial charge in [-0.25, -0.2) is 4.98 Å². The van der Waals surface area contributed by atoms with E-state index < -0.39 is 0 Å². The average molecular weight is 331 g/mol. The lowest BCUT2D eigenvalue weighted by Crippen LogP contribution is -2.42. The third kappa shape index (κ3) is 3.32. The lowest BCUT2D eigenvalue weighted by atomic mass is 10.1. The van der Waals surface area contributed by atoms with Gasteiger partial charge in [0.05, 0.1) is 0 Å². The summed E-state index contributed by atoms with van der Waals surface area (Å²) in [4.78, 5) is 31.0. The third-order valence-corrected chi connectivity index (χ3v) is 5.58. The quantitative estimate of drug-likeness (QED) is 0.844. The van der Waals surface area contributed by atoms with Crippen molar-refractivity contribution in [1.82, 2.24) is 9.88 Å². The van der Waals surface area contributed by atoms with Gasteiger partial charge < -0.3 is 10.2 Å². The molecule has 2 amide bonds. The molecule has 1 saturated heterocycles. The van der Waals surface area contributed by atoms with E-state index in [0.717, 1.165) is 12.8 Å². The fourth-order valence-corrected chi connectivity index (χ4v) is 3.94. The molecule has 2 saturated carbocycles. The zero-order valence-electron chi connectivity index (χ0n) is 13.0.